The van der Waals surface area contributed by atoms with E-state index in [1.807, 2.05) is 6.20 Å². The lowest BCUT2D eigenvalue weighted by molar-refractivity contribution is 0.513. The average molecular weight is 227 g/mol. The van der Waals surface area contributed by atoms with Gasteiger partial charge in [-0.2, -0.15) is 0 Å². The first-order chi connectivity index (χ1) is 7.22. The zero-order valence-electron chi connectivity index (χ0n) is 9.79. The van der Waals surface area contributed by atoms with Crippen LogP contribution in [0.2, 0.25) is 0 Å². The normalized spacial score (nSPS) is 15.1. The second-order valence-corrected chi connectivity index (χ2v) is 5.34. The van der Waals surface area contributed by atoms with Gasteiger partial charge in [0.15, 0.2) is 5.16 Å². The lowest BCUT2D eigenvalue weighted by Gasteiger charge is -2.17. The molecule has 3 nitrogen and oxygen atoms in total. The first kappa shape index (κ1) is 12.6. The number of aromatic amines is 1. The highest BCUT2D eigenvalue weighted by Crippen LogP contribution is 2.22. The summed E-state index contributed by atoms with van der Waals surface area (Å²) in [6, 6.07) is 0.586. The molecule has 1 aromatic heterocycles. The van der Waals surface area contributed by atoms with E-state index < -0.39 is 0 Å². The van der Waals surface area contributed by atoms with Crippen molar-refractivity contribution < 1.29 is 0 Å². The molecule has 15 heavy (non-hydrogen) atoms. The van der Waals surface area contributed by atoms with Gasteiger partial charge in [0, 0.05) is 23.7 Å². The summed E-state index contributed by atoms with van der Waals surface area (Å²) in [5.74, 6) is 0. The Labute approximate surface area is 96.5 Å². The molecule has 2 N–H and O–H groups in total. The molecule has 1 rings (SSSR count). The van der Waals surface area contributed by atoms with Crippen LogP contribution in [-0.4, -0.2) is 27.8 Å². The van der Waals surface area contributed by atoms with Gasteiger partial charge in [0.1, 0.15) is 0 Å². The maximum atomic E-state index is 4.21. The largest absolute Gasteiger partial charge is 0.340 e. The predicted octanol–water partition coefficient (Wildman–Crippen LogP) is 2.67. The molecule has 4 heteroatoms. The van der Waals surface area contributed by atoms with Gasteiger partial charge in [0.25, 0.3) is 0 Å². The molecule has 0 saturated carbocycles. The van der Waals surface area contributed by atoms with Crippen molar-refractivity contribution in [3.05, 3.63) is 12.4 Å². The Bertz CT molecular complexity index is 248. The molecule has 0 spiro atoms. The molecule has 0 radical (unpaired) electrons. The van der Waals surface area contributed by atoms with E-state index in [1.165, 1.54) is 12.8 Å². The fourth-order valence-electron chi connectivity index (χ4n) is 1.53. The molecule has 0 saturated heterocycles. The molecule has 0 aliphatic carbocycles. The van der Waals surface area contributed by atoms with Gasteiger partial charge in [-0.25, -0.2) is 4.98 Å². The fraction of sp³-hybridized carbons (Fsp3) is 0.727. The average Bonchev–Trinajstić information content (AvgIpc) is 2.67. The van der Waals surface area contributed by atoms with Crippen LogP contribution in [-0.2, 0) is 0 Å². The SMILES string of the molecule is CCCNC(C)CC(C)Sc1ncc[nH]1. The first-order valence-electron chi connectivity index (χ1n) is 5.61. The Morgan fingerprint density at radius 2 is 2.33 bits per heavy atom. The Hall–Kier alpha value is -0.480. The highest BCUT2D eigenvalue weighted by molar-refractivity contribution is 7.99. The van der Waals surface area contributed by atoms with Gasteiger partial charge in [0.05, 0.1) is 0 Å². The lowest BCUT2D eigenvalue weighted by atomic mass is 10.2. The van der Waals surface area contributed by atoms with Crippen molar-refractivity contribution >= 4 is 11.8 Å². The molecule has 0 fully saturated rings. The topological polar surface area (TPSA) is 40.7 Å². The van der Waals surface area contributed by atoms with Gasteiger partial charge in [-0.1, -0.05) is 25.6 Å². The number of hydrogen-bond acceptors (Lipinski definition) is 3. The number of thioether (sulfide) groups is 1. The Morgan fingerprint density at radius 1 is 1.53 bits per heavy atom. The molecule has 0 aromatic carbocycles. The van der Waals surface area contributed by atoms with E-state index >= 15 is 0 Å². The molecule has 0 bridgehead atoms. The minimum atomic E-state index is 0.586. The van der Waals surface area contributed by atoms with Crippen molar-refractivity contribution in [2.75, 3.05) is 6.54 Å². The van der Waals surface area contributed by atoms with Crippen molar-refractivity contribution in [3.8, 4) is 0 Å². The van der Waals surface area contributed by atoms with Gasteiger partial charge in [-0.15, -0.1) is 0 Å². The van der Waals surface area contributed by atoms with E-state index in [9.17, 15) is 0 Å². The molecule has 0 amide bonds. The number of H-pyrrole nitrogens is 1. The van der Waals surface area contributed by atoms with Crippen LogP contribution < -0.4 is 5.32 Å². The summed E-state index contributed by atoms with van der Waals surface area (Å²) in [7, 11) is 0. The van der Waals surface area contributed by atoms with Gasteiger partial charge in [0.2, 0.25) is 0 Å². The third kappa shape index (κ3) is 5.23. The smallest absolute Gasteiger partial charge is 0.165 e. The van der Waals surface area contributed by atoms with Gasteiger partial charge in [-0.05, 0) is 26.3 Å². The van der Waals surface area contributed by atoms with Crippen LogP contribution in [0.4, 0.5) is 0 Å². The molecule has 1 heterocycles. The molecule has 2 atom stereocenters. The van der Waals surface area contributed by atoms with Gasteiger partial charge < -0.3 is 10.3 Å². The molecule has 1 aromatic rings. The number of nitrogens with zero attached hydrogens (tertiary/aromatic N) is 1. The Kier molecular flexibility index (Phi) is 5.79. The summed E-state index contributed by atoms with van der Waals surface area (Å²) >= 11 is 1.81. The van der Waals surface area contributed by atoms with Crippen LogP contribution in [0.3, 0.4) is 0 Å². The third-order valence-electron chi connectivity index (χ3n) is 2.21. The number of nitrogens with one attached hydrogen (secondary N) is 2. The van der Waals surface area contributed by atoms with Crippen molar-refractivity contribution in [2.24, 2.45) is 0 Å². The van der Waals surface area contributed by atoms with Crippen LogP contribution in [0, 0.1) is 0 Å². The zero-order chi connectivity index (χ0) is 11.1. The number of aromatic nitrogens is 2. The Balaban J connectivity index is 2.20. The second kappa shape index (κ2) is 6.90. The maximum Gasteiger partial charge on any atom is 0.165 e. The van der Waals surface area contributed by atoms with Crippen LogP contribution in [0.25, 0.3) is 0 Å². The molecule has 2 unspecified atom stereocenters. The van der Waals surface area contributed by atoms with Crippen molar-refractivity contribution in [2.45, 2.75) is 50.1 Å². The first-order valence-corrected chi connectivity index (χ1v) is 6.49. The summed E-state index contributed by atoms with van der Waals surface area (Å²) in [5, 5.41) is 5.11. The highest BCUT2D eigenvalue weighted by atomic mass is 32.2. The van der Waals surface area contributed by atoms with E-state index in [4.69, 9.17) is 0 Å². The Morgan fingerprint density at radius 3 is 2.93 bits per heavy atom. The maximum absolute atomic E-state index is 4.21. The summed E-state index contributed by atoms with van der Waals surface area (Å²) in [4.78, 5) is 7.33. The highest BCUT2D eigenvalue weighted by Gasteiger charge is 2.10. The lowest BCUT2D eigenvalue weighted by Crippen LogP contribution is -2.29. The van der Waals surface area contributed by atoms with E-state index in [0.29, 0.717) is 11.3 Å². The van der Waals surface area contributed by atoms with Crippen molar-refractivity contribution in [3.63, 3.8) is 0 Å². The molecule has 86 valence electrons. The summed E-state index contributed by atoms with van der Waals surface area (Å²) < 4.78 is 0. The van der Waals surface area contributed by atoms with Crippen LogP contribution in [0.15, 0.2) is 17.6 Å². The van der Waals surface area contributed by atoms with Crippen LogP contribution in [0.1, 0.15) is 33.6 Å². The molecular formula is C11H21N3S. The molecule has 0 aliphatic rings. The number of rotatable bonds is 7. The molecule has 0 aliphatic heterocycles. The fourth-order valence-corrected chi connectivity index (χ4v) is 2.55. The van der Waals surface area contributed by atoms with E-state index in [1.54, 1.807) is 18.0 Å². The second-order valence-electron chi connectivity index (χ2n) is 3.91. The summed E-state index contributed by atoms with van der Waals surface area (Å²) in [5.41, 5.74) is 0. The van der Waals surface area contributed by atoms with Crippen LogP contribution >= 0.6 is 11.8 Å². The van der Waals surface area contributed by atoms with Crippen molar-refractivity contribution in [1.29, 1.82) is 0 Å². The number of imidazole rings is 1. The monoisotopic (exact) mass is 227 g/mol. The van der Waals surface area contributed by atoms with E-state index in [2.05, 4.69) is 36.1 Å². The molecular weight excluding hydrogens is 206 g/mol. The van der Waals surface area contributed by atoms with Crippen LogP contribution in [0.5, 0.6) is 0 Å². The minimum Gasteiger partial charge on any atom is -0.340 e. The van der Waals surface area contributed by atoms with E-state index in [-0.39, 0.29) is 0 Å². The minimum absolute atomic E-state index is 0.586. The van der Waals surface area contributed by atoms with Gasteiger partial charge in [-0.3, -0.25) is 0 Å². The standard InChI is InChI=1S/C11H21N3S/c1-4-5-12-9(2)8-10(3)15-11-13-6-7-14-11/h6-7,9-10,12H,4-5,8H2,1-3H3,(H,13,14). The zero-order valence-corrected chi connectivity index (χ0v) is 10.6. The van der Waals surface area contributed by atoms with Gasteiger partial charge >= 0.3 is 0 Å². The summed E-state index contributed by atoms with van der Waals surface area (Å²) in [6.07, 6.45) is 6.04. The predicted molar refractivity (Wildman–Crippen MR) is 66.3 cm³/mol. The third-order valence-corrected chi connectivity index (χ3v) is 3.26. The van der Waals surface area contributed by atoms with E-state index in [0.717, 1.165) is 11.7 Å². The van der Waals surface area contributed by atoms with Crippen molar-refractivity contribution in [1.82, 2.24) is 15.3 Å². The summed E-state index contributed by atoms with van der Waals surface area (Å²) in [6.45, 7) is 7.80. The number of hydrogen-bond donors (Lipinski definition) is 2. The quantitative estimate of drug-likeness (QED) is 0.704.